The molecule has 0 saturated carbocycles. The summed E-state index contributed by atoms with van der Waals surface area (Å²) in [5, 5.41) is 0.288. The number of ether oxygens (including phenoxy) is 1. The number of hydrogen-bond acceptors (Lipinski definition) is 3. The number of unbranched alkanes of at least 4 members (excludes halogenated alkanes) is 3. The molecule has 0 bridgehead atoms. The van der Waals surface area contributed by atoms with E-state index in [1.165, 1.54) is 6.42 Å². The van der Waals surface area contributed by atoms with E-state index in [1.807, 2.05) is 20.8 Å². The average Bonchev–Trinajstić information content (AvgIpc) is 2.36. The Bertz CT molecular complexity index is 330. The molecule has 0 aliphatic carbocycles. The van der Waals surface area contributed by atoms with Gasteiger partial charge >= 0.3 is 5.97 Å². The molecule has 3 nitrogen and oxygen atoms in total. The molecule has 4 heteroatoms. The zero-order valence-corrected chi connectivity index (χ0v) is 17.2. The van der Waals surface area contributed by atoms with Crippen LogP contribution in [0.25, 0.3) is 0 Å². The van der Waals surface area contributed by atoms with Crippen molar-refractivity contribution in [3.63, 3.8) is 0 Å². The zero-order chi connectivity index (χ0) is 17.4. The summed E-state index contributed by atoms with van der Waals surface area (Å²) >= 11 is 0. The Morgan fingerprint density at radius 2 is 1.50 bits per heavy atom. The first-order chi connectivity index (χ1) is 9.94. The van der Waals surface area contributed by atoms with E-state index in [0.717, 1.165) is 32.3 Å². The van der Waals surface area contributed by atoms with Gasteiger partial charge < -0.3 is 9.16 Å². The maximum absolute atomic E-state index is 11.8. The van der Waals surface area contributed by atoms with Crippen LogP contribution in [-0.4, -0.2) is 27.5 Å². The van der Waals surface area contributed by atoms with Crippen LogP contribution in [0.1, 0.15) is 73.6 Å². The Morgan fingerprint density at radius 3 is 2.00 bits per heavy atom. The van der Waals surface area contributed by atoms with E-state index in [0.29, 0.717) is 6.61 Å². The molecule has 0 aliphatic rings. The fraction of sp³-hybridized carbons (Fsp3) is 0.944. The lowest BCUT2D eigenvalue weighted by atomic mass is 9.87. The first kappa shape index (κ1) is 21.6. The van der Waals surface area contributed by atoms with Gasteiger partial charge in [-0.15, -0.1) is 0 Å². The molecular formula is C18H38O3Si. The van der Waals surface area contributed by atoms with Crippen molar-refractivity contribution >= 4 is 14.3 Å². The van der Waals surface area contributed by atoms with E-state index in [9.17, 15) is 4.79 Å². The summed E-state index contributed by atoms with van der Waals surface area (Å²) in [7, 11) is -1.59. The van der Waals surface area contributed by atoms with Crippen LogP contribution in [0.2, 0.25) is 18.1 Å². The van der Waals surface area contributed by atoms with Crippen LogP contribution in [0.4, 0.5) is 0 Å². The van der Waals surface area contributed by atoms with E-state index in [-0.39, 0.29) is 16.4 Å². The lowest BCUT2D eigenvalue weighted by molar-refractivity contribution is -0.153. The molecule has 0 aromatic rings. The highest BCUT2D eigenvalue weighted by atomic mass is 28.4. The normalized spacial score (nSPS) is 13.3. The Morgan fingerprint density at radius 1 is 0.955 bits per heavy atom. The van der Waals surface area contributed by atoms with Gasteiger partial charge in [0, 0.05) is 6.61 Å². The van der Waals surface area contributed by atoms with Crippen LogP contribution in [-0.2, 0) is 14.0 Å². The smallest absolute Gasteiger partial charge is 0.311 e. The zero-order valence-electron chi connectivity index (χ0n) is 16.2. The van der Waals surface area contributed by atoms with Crippen LogP contribution < -0.4 is 0 Å². The Hall–Kier alpha value is -0.353. The van der Waals surface area contributed by atoms with Gasteiger partial charge in [0.05, 0.1) is 12.0 Å². The van der Waals surface area contributed by atoms with Crippen molar-refractivity contribution in [2.75, 3.05) is 13.2 Å². The highest BCUT2D eigenvalue weighted by molar-refractivity contribution is 6.74. The molecule has 0 spiro atoms. The first-order valence-corrected chi connectivity index (χ1v) is 11.7. The molecule has 0 amide bonds. The van der Waals surface area contributed by atoms with Crippen LogP contribution in [0.3, 0.4) is 0 Å². The summed E-state index contributed by atoms with van der Waals surface area (Å²) in [5.41, 5.74) is -0.354. The van der Waals surface area contributed by atoms with Gasteiger partial charge in [-0.3, -0.25) is 4.79 Å². The van der Waals surface area contributed by atoms with Gasteiger partial charge in [0.1, 0.15) is 0 Å². The molecule has 0 radical (unpaired) electrons. The summed E-state index contributed by atoms with van der Waals surface area (Å²) in [6.07, 6.45) is 5.42. The third kappa shape index (κ3) is 7.77. The largest absolute Gasteiger partial charge is 0.466 e. The summed E-state index contributed by atoms with van der Waals surface area (Å²) in [4.78, 5) is 11.8. The van der Waals surface area contributed by atoms with Crippen molar-refractivity contribution in [3.05, 3.63) is 0 Å². The fourth-order valence-corrected chi connectivity index (χ4v) is 3.08. The number of rotatable bonds is 10. The second kappa shape index (κ2) is 9.07. The van der Waals surface area contributed by atoms with Crippen LogP contribution in [0, 0.1) is 5.41 Å². The summed E-state index contributed by atoms with van der Waals surface area (Å²) in [6, 6.07) is 0. The van der Waals surface area contributed by atoms with Gasteiger partial charge in [-0.25, -0.2) is 0 Å². The molecule has 0 aliphatic heterocycles. The first-order valence-electron chi connectivity index (χ1n) is 8.75. The molecular weight excluding hydrogens is 292 g/mol. The van der Waals surface area contributed by atoms with E-state index in [1.54, 1.807) is 0 Å². The summed E-state index contributed by atoms with van der Waals surface area (Å²) in [5.74, 6) is -0.0729. The van der Waals surface area contributed by atoms with E-state index < -0.39 is 8.32 Å². The molecule has 0 aromatic carbocycles. The number of esters is 1. The molecule has 0 N–H and O–H groups in total. The predicted molar refractivity (Wildman–Crippen MR) is 96.6 cm³/mol. The Kier molecular flexibility index (Phi) is 8.92. The molecule has 0 atom stereocenters. The molecule has 0 saturated heterocycles. The van der Waals surface area contributed by atoms with Gasteiger partial charge in [0.25, 0.3) is 0 Å². The lowest BCUT2D eigenvalue weighted by Gasteiger charge is -2.36. The van der Waals surface area contributed by atoms with Gasteiger partial charge in [-0.05, 0) is 51.7 Å². The minimum Gasteiger partial charge on any atom is -0.466 e. The van der Waals surface area contributed by atoms with Crippen molar-refractivity contribution in [3.8, 4) is 0 Å². The minimum atomic E-state index is -1.59. The van der Waals surface area contributed by atoms with Crippen molar-refractivity contribution in [2.24, 2.45) is 5.41 Å². The van der Waals surface area contributed by atoms with Crippen molar-refractivity contribution in [2.45, 2.75) is 91.8 Å². The molecule has 132 valence electrons. The molecule has 0 aromatic heterocycles. The van der Waals surface area contributed by atoms with Gasteiger partial charge in [0.2, 0.25) is 0 Å². The SMILES string of the molecule is CCOC(=O)C(C)(C)CCCCCCO[Si](C)(C)C(C)(C)C. The highest BCUT2D eigenvalue weighted by Crippen LogP contribution is 2.36. The standard InChI is InChI=1S/C18H38O3Si/c1-9-20-16(19)18(5,6)14-12-10-11-13-15-21-22(7,8)17(2,3)4/h9-15H2,1-8H3. The second-order valence-electron chi connectivity index (χ2n) is 8.38. The van der Waals surface area contributed by atoms with Gasteiger partial charge in [-0.1, -0.05) is 40.0 Å². The third-order valence-electron chi connectivity index (χ3n) is 4.79. The predicted octanol–water partition coefficient (Wildman–Crippen LogP) is 5.55. The van der Waals surface area contributed by atoms with E-state index in [4.69, 9.17) is 9.16 Å². The molecule has 0 unspecified atom stereocenters. The fourth-order valence-electron chi connectivity index (χ4n) is 1.99. The van der Waals surface area contributed by atoms with Gasteiger partial charge in [0.15, 0.2) is 8.32 Å². The monoisotopic (exact) mass is 330 g/mol. The third-order valence-corrected chi connectivity index (χ3v) is 9.33. The Labute approximate surface area is 139 Å². The van der Waals surface area contributed by atoms with E-state index >= 15 is 0 Å². The van der Waals surface area contributed by atoms with E-state index in [2.05, 4.69) is 33.9 Å². The van der Waals surface area contributed by atoms with Crippen LogP contribution >= 0.6 is 0 Å². The molecule has 0 rings (SSSR count). The van der Waals surface area contributed by atoms with Crippen LogP contribution in [0.15, 0.2) is 0 Å². The minimum absolute atomic E-state index is 0.0729. The quantitative estimate of drug-likeness (QED) is 0.299. The number of hydrogen-bond donors (Lipinski definition) is 0. The van der Waals surface area contributed by atoms with Crippen LogP contribution in [0.5, 0.6) is 0 Å². The highest BCUT2D eigenvalue weighted by Gasteiger charge is 2.36. The van der Waals surface area contributed by atoms with Crippen molar-refractivity contribution in [1.82, 2.24) is 0 Å². The molecule has 0 heterocycles. The maximum atomic E-state index is 11.8. The molecule has 22 heavy (non-hydrogen) atoms. The maximum Gasteiger partial charge on any atom is 0.311 e. The topological polar surface area (TPSA) is 35.5 Å². The number of carbonyl (C=O) groups is 1. The van der Waals surface area contributed by atoms with Crippen molar-refractivity contribution < 1.29 is 14.0 Å². The lowest BCUT2D eigenvalue weighted by Crippen LogP contribution is -2.40. The molecule has 0 fully saturated rings. The Balaban J connectivity index is 3.81. The average molecular weight is 331 g/mol. The number of carbonyl (C=O) groups excluding carboxylic acids is 1. The second-order valence-corrected chi connectivity index (χ2v) is 13.2. The van der Waals surface area contributed by atoms with Gasteiger partial charge in [-0.2, -0.15) is 0 Å². The summed E-state index contributed by atoms with van der Waals surface area (Å²) in [6.45, 7) is 18.6. The van der Waals surface area contributed by atoms with Crippen molar-refractivity contribution in [1.29, 1.82) is 0 Å². The summed E-state index contributed by atoms with van der Waals surface area (Å²) < 4.78 is 11.3.